The normalized spacial score (nSPS) is 10.7. The Labute approximate surface area is 94.9 Å². The predicted molar refractivity (Wildman–Crippen MR) is 57.5 cm³/mol. The average molecular weight is 293 g/mol. The standard InChI is InChI=1S/C8H6BrFN2O2S/c9-5-15(13,14)12-8-2-1-6(4-11)3-7(8)10/h1-3,12H,5H2. The van der Waals surface area contributed by atoms with Crippen molar-refractivity contribution in [1.29, 1.82) is 5.26 Å². The summed E-state index contributed by atoms with van der Waals surface area (Å²) in [5.41, 5.74) is -0.0391. The van der Waals surface area contributed by atoms with Gasteiger partial charge in [0, 0.05) is 0 Å². The number of hydrogen-bond acceptors (Lipinski definition) is 3. The Hall–Kier alpha value is -1.13. The molecule has 7 heteroatoms. The summed E-state index contributed by atoms with van der Waals surface area (Å²) in [7, 11) is -3.57. The molecule has 0 bridgehead atoms. The first kappa shape index (κ1) is 11.9. The van der Waals surface area contributed by atoms with Gasteiger partial charge in [-0.1, -0.05) is 15.9 Å². The Morgan fingerprint density at radius 1 is 1.53 bits per heavy atom. The molecule has 1 aromatic rings. The number of hydrogen-bond donors (Lipinski definition) is 1. The van der Waals surface area contributed by atoms with E-state index in [-0.39, 0.29) is 15.9 Å². The molecule has 0 amide bonds. The van der Waals surface area contributed by atoms with E-state index in [0.29, 0.717) is 0 Å². The number of rotatable bonds is 3. The minimum Gasteiger partial charge on any atom is -0.280 e. The van der Waals surface area contributed by atoms with Crippen LogP contribution in [-0.4, -0.2) is 13.1 Å². The zero-order valence-electron chi connectivity index (χ0n) is 7.37. The largest absolute Gasteiger partial charge is 0.280 e. The fourth-order valence-corrected chi connectivity index (χ4v) is 1.76. The lowest BCUT2D eigenvalue weighted by Gasteiger charge is -2.06. The van der Waals surface area contributed by atoms with Gasteiger partial charge in [0.05, 0.1) is 17.3 Å². The number of anilines is 1. The third-order valence-electron chi connectivity index (χ3n) is 1.51. The minimum atomic E-state index is -3.57. The van der Waals surface area contributed by atoms with Crippen molar-refractivity contribution in [2.75, 3.05) is 9.38 Å². The number of nitrogens with one attached hydrogen (secondary N) is 1. The molecule has 0 saturated carbocycles. The molecule has 15 heavy (non-hydrogen) atoms. The Kier molecular flexibility index (Phi) is 3.66. The molecule has 1 N–H and O–H groups in total. The van der Waals surface area contributed by atoms with E-state index < -0.39 is 15.8 Å². The van der Waals surface area contributed by atoms with Gasteiger partial charge in [-0.05, 0) is 18.2 Å². The zero-order chi connectivity index (χ0) is 11.5. The van der Waals surface area contributed by atoms with E-state index in [2.05, 4.69) is 15.9 Å². The van der Waals surface area contributed by atoms with E-state index in [1.807, 2.05) is 4.72 Å². The van der Waals surface area contributed by atoms with Gasteiger partial charge in [0.2, 0.25) is 10.0 Å². The van der Waals surface area contributed by atoms with Crippen LogP contribution in [0, 0.1) is 17.1 Å². The second-order valence-electron chi connectivity index (χ2n) is 2.63. The molecule has 0 unspecified atom stereocenters. The maximum atomic E-state index is 13.2. The van der Waals surface area contributed by atoms with Gasteiger partial charge in [0.1, 0.15) is 10.5 Å². The van der Waals surface area contributed by atoms with Gasteiger partial charge in [-0.15, -0.1) is 0 Å². The topological polar surface area (TPSA) is 70.0 Å². The molecule has 0 aliphatic carbocycles. The molecule has 1 rings (SSSR count). The van der Waals surface area contributed by atoms with Gasteiger partial charge < -0.3 is 0 Å². The van der Waals surface area contributed by atoms with Crippen molar-refractivity contribution in [1.82, 2.24) is 0 Å². The summed E-state index contributed by atoms with van der Waals surface area (Å²) in [6.07, 6.45) is 0. The molecule has 0 fully saturated rings. The van der Waals surface area contributed by atoms with Crippen molar-refractivity contribution >= 4 is 31.6 Å². The number of alkyl halides is 1. The van der Waals surface area contributed by atoms with Gasteiger partial charge in [0.25, 0.3) is 0 Å². The summed E-state index contributed by atoms with van der Waals surface area (Å²) >= 11 is 2.76. The molecule has 0 radical (unpaired) electrons. The van der Waals surface area contributed by atoms with Gasteiger partial charge in [-0.25, -0.2) is 12.8 Å². The third-order valence-corrected chi connectivity index (χ3v) is 4.13. The molecular weight excluding hydrogens is 287 g/mol. The summed E-state index contributed by atoms with van der Waals surface area (Å²) in [4.78, 5) is 0. The molecule has 0 aliphatic heterocycles. The average Bonchev–Trinajstić information content (AvgIpc) is 2.21. The smallest absolute Gasteiger partial charge is 0.242 e. The summed E-state index contributed by atoms with van der Waals surface area (Å²) in [5, 5.41) is 8.47. The Morgan fingerprint density at radius 3 is 2.67 bits per heavy atom. The molecule has 1 aromatic carbocycles. The number of sulfonamides is 1. The van der Waals surface area contributed by atoms with Crippen LogP contribution in [0.4, 0.5) is 10.1 Å². The zero-order valence-corrected chi connectivity index (χ0v) is 9.77. The van der Waals surface area contributed by atoms with Gasteiger partial charge in [-0.3, -0.25) is 4.72 Å². The van der Waals surface area contributed by atoms with Gasteiger partial charge >= 0.3 is 0 Å². The first-order valence-electron chi connectivity index (χ1n) is 3.74. The lowest BCUT2D eigenvalue weighted by Crippen LogP contribution is -2.14. The summed E-state index contributed by atoms with van der Waals surface area (Å²) < 4.78 is 37.1. The maximum absolute atomic E-state index is 13.2. The first-order chi connectivity index (χ1) is 6.98. The number of halogens is 2. The van der Waals surface area contributed by atoms with E-state index >= 15 is 0 Å². The molecule has 4 nitrogen and oxygen atoms in total. The van der Waals surface area contributed by atoms with Crippen molar-refractivity contribution in [3.63, 3.8) is 0 Å². The highest BCUT2D eigenvalue weighted by Gasteiger charge is 2.11. The van der Waals surface area contributed by atoms with Crippen molar-refractivity contribution in [2.24, 2.45) is 0 Å². The highest BCUT2D eigenvalue weighted by molar-refractivity contribution is 9.10. The molecule has 0 aliphatic rings. The molecule has 0 spiro atoms. The van der Waals surface area contributed by atoms with E-state index in [1.165, 1.54) is 12.1 Å². The Morgan fingerprint density at radius 2 is 2.20 bits per heavy atom. The van der Waals surface area contributed by atoms with Crippen LogP contribution in [-0.2, 0) is 10.0 Å². The van der Waals surface area contributed by atoms with E-state index in [9.17, 15) is 12.8 Å². The van der Waals surface area contributed by atoms with Crippen LogP contribution in [0.5, 0.6) is 0 Å². The van der Waals surface area contributed by atoms with Crippen LogP contribution in [0.3, 0.4) is 0 Å². The third kappa shape index (κ3) is 3.18. The summed E-state index contributed by atoms with van der Waals surface area (Å²) in [5.74, 6) is -0.779. The van der Waals surface area contributed by atoms with E-state index in [1.54, 1.807) is 6.07 Å². The fourth-order valence-electron chi connectivity index (χ4n) is 0.862. The van der Waals surface area contributed by atoms with Gasteiger partial charge in [-0.2, -0.15) is 5.26 Å². The van der Waals surface area contributed by atoms with Gasteiger partial charge in [0.15, 0.2) is 0 Å². The van der Waals surface area contributed by atoms with E-state index in [0.717, 1.165) is 6.07 Å². The minimum absolute atomic E-state index is 0.134. The van der Waals surface area contributed by atoms with Crippen LogP contribution in [0.15, 0.2) is 18.2 Å². The molecule has 0 saturated heterocycles. The van der Waals surface area contributed by atoms with Crippen molar-refractivity contribution in [3.8, 4) is 6.07 Å². The second-order valence-corrected chi connectivity index (χ2v) is 5.66. The summed E-state index contributed by atoms with van der Waals surface area (Å²) in [6.45, 7) is 0. The first-order valence-corrected chi connectivity index (χ1v) is 6.52. The Balaban J connectivity index is 3.04. The molecule has 80 valence electrons. The van der Waals surface area contributed by atoms with E-state index in [4.69, 9.17) is 5.26 Å². The monoisotopic (exact) mass is 292 g/mol. The predicted octanol–water partition coefficient (Wildman–Crippen LogP) is 1.79. The Bertz CT molecular complexity index is 510. The van der Waals surface area contributed by atoms with Crippen LogP contribution in [0.25, 0.3) is 0 Å². The SMILES string of the molecule is N#Cc1ccc(NS(=O)(=O)CBr)c(F)c1. The second kappa shape index (κ2) is 4.59. The maximum Gasteiger partial charge on any atom is 0.242 e. The molecule has 0 atom stereocenters. The lowest BCUT2D eigenvalue weighted by molar-refractivity contribution is 0.603. The van der Waals surface area contributed by atoms with Crippen LogP contribution >= 0.6 is 15.9 Å². The quantitative estimate of drug-likeness (QED) is 0.864. The van der Waals surface area contributed by atoms with Crippen LogP contribution in [0.1, 0.15) is 5.56 Å². The highest BCUT2D eigenvalue weighted by atomic mass is 79.9. The number of nitrogens with zero attached hydrogens (tertiary/aromatic N) is 1. The highest BCUT2D eigenvalue weighted by Crippen LogP contribution is 2.17. The lowest BCUT2D eigenvalue weighted by atomic mass is 10.2. The molecule has 0 aromatic heterocycles. The van der Waals surface area contributed by atoms with Crippen molar-refractivity contribution in [2.45, 2.75) is 0 Å². The molecular formula is C8H6BrFN2O2S. The fraction of sp³-hybridized carbons (Fsp3) is 0.125. The number of nitriles is 1. The molecule has 0 heterocycles. The van der Waals surface area contributed by atoms with Crippen molar-refractivity contribution in [3.05, 3.63) is 29.6 Å². The van der Waals surface area contributed by atoms with Crippen molar-refractivity contribution < 1.29 is 12.8 Å². The summed E-state index contributed by atoms with van der Waals surface area (Å²) in [6, 6.07) is 5.24. The van der Waals surface area contributed by atoms with Crippen LogP contribution < -0.4 is 4.72 Å². The number of benzene rings is 1. The van der Waals surface area contributed by atoms with Crippen LogP contribution in [0.2, 0.25) is 0 Å².